The minimum absolute atomic E-state index is 0.00602. The summed E-state index contributed by atoms with van der Waals surface area (Å²) in [7, 11) is 1.28. The van der Waals surface area contributed by atoms with Gasteiger partial charge in [-0.15, -0.1) is 0 Å². The molecule has 0 saturated heterocycles. The Morgan fingerprint density at radius 3 is 2.67 bits per heavy atom. The number of hydrogen-bond acceptors (Lipinski definition) is 4. The van der Waals surface area contributed by atoms with E-state index in [-0.39, 0.29) is 17.9 Å². The van der Waals surface area contributed by atoms with Crippen LogP contribution < -0.4 is 0 Å². The Morgan fingerprint density at radius 1 is 1.47 bits per heavy atom. The maximum absolute atomic E-state index is 10.7. The molecule has 0 aliphatic rings. The van der Waals surface area contributed by atoms with Gasteiger partial charge < -0.3 is 20.1 Å². The first-order valence-corrected chi connectivity index (χ1v) is 4.31. The zero-order valence-corrected chi connectivity index (χ0v) is 8.17. The third-order valence-electron chi connectivity index (χ3n) is 2.06. The van der Waals surface area contributed by atoms with E-state index in [1.54, 1.807) is 0 Å². The lowest BCUT2D eigenvalue weighted by molar-refractivity contribution is -0.148. The smallest absolute Gasteiger partial charge is 0.333 e. The normalized spacial score (nSPS) is 12.3. The van der Waals surface area contributed by atoms with E-state index in [4.69, 9.17) is 9.84 Å². The average Bonchev–Trinajstić information content (AvgIpc) is 2.19. The topological polar surface area (TPSA) is 87.0 Å². The lowest BCUT2D eigenvalue weighted by Gasteiger charge is -2.11. The van der Waals surface area contributed by atoms with E-state index in [0.717, 1.165) is 0 Å². The van der Waals surface area contributed by atoms with Crippen LogP contribution in [-0.4, -0.2) is 34.5 Å². The highest BCUT2D eigenvalue weighted by atomic mass is 16.5. The number of para-hydroxylation sites is 1. The summed E-state index contributed by atoms with van der Waals surface area (Å²) in [6.07, 6.45) is -1.02. The fraction of sp³-hybridized carbons (Fsp3) is 0.300. The molecule has 1 atom stereocenters. The third kappa shape index (κ3) is 2.60. The zero-order valence-electron chi connectivity index (χ0n) is 8.17. The Hall–Kier alpha value is -1.75. The molecule has 3 N–H and O–H groups in total. The van der Waals surface area contributed by atoms with Crippen LogP contribution >= 0.6 is 0 Å². The van der Waals surface area contributed by atoms with Crippen LogP contribution in [0.25, 0.3) is 0 Å². The summed E-state index contributed by atoms with van der Waals surface area (Å²) in [5.74, 6) is -1.69. The van der Waals surface area contributed by atoms with Gasteiger partial charge in [0.2, 0.25) is 0 Å². The van der Waals surface area contributed by atoms with E-state index in [2.05, 4.69) is 0 Å². The van der Waals surface area contributed by atoms with Gasteiger partial charge in [0.15, 0.2) is 17.6 Å². The lowest BCUT2D eigenvalue weighted by atomic mass is 10.1. The molecular formula is C10H12O5. The predicted molar refractivity (Wildman–Crippen MR) is 51.9 cm³/mol. The second-order valence-corrected chi connectivity index (χ2v) is 3.05. The van der Waals surface area contributed by atoms with Gasteiger partial charge >= 0.3 is 5.97 Å². The molecule has 0 fully saturated rings. The summed E-state index contributed by atoms with van der Waals surface area (Å²) in [5, 5.41) is 27.3. The highest BCUT2D eigenvalue weighted by Crippen LogP contribution is 2.29. The predicted octanol–water partition coefficient (Wildman–Crippen LogP) is 0.740. The second-order valence-electron chi connectivity index (χ2n) is 3.05. The first-order chi connectivity index (χ1) is 7.06. The molecule has 0 heterocycles. The van der Waals surface area contributed by atoms with Crippen molar-refractivity contribution in [2.75, 3.05) is 7.11 Å². The van der Waals surface area contributed by atoms with Crippen molar-refractivity contribution in [2.24, 2.45) is 0 Å². The molecule has 1 unspecified atom stereocenters. The average molecular weight is 212 g/mol. The number of phenolic OH excluding ortho intramolecular Hbond substituents is 2. The molecule has 15 heavy (non-hydrogen) atoms. The van der Waals surface area contributed by atoms with Crippen LogP contribution in [-0.2, 0) is 16.0 Å². The summed E-state index contributed by atoms with van der Waals surface area (Å²) in [6.45, 7) is 0. The summed E-state index contributed by atoms with van der Waals surface area (Å²) < 4.78 is 4.72. The third-order valence-corrected chi connectivity index (χ3v) is 2.06. The van der Waals surface area contributed by atoms with E-state index in [1.807, 2.05) is 0 Å². The van der Waals surface area contributed by atoms with Crippen LogP contribution in [0, 0.1) is 0 Å². The van der Waals surface area contributed by atoms with Gasteiger partial charge in [0.1, 0.15) is 0 Å². The number of aliphatic carboxylic acids is 1. The van der Waals surface area contributed by atoms with Gasteiger partial charge in [0.25, 0.3) is 0 Å². The molecule has 5 nitrogen and oxygen atoms in total. The monoisotopic (exact) mass is 212 g/mol. The molecule has 1 rings (SSSR count). The molecule has 0 aromatic heterocycles. The maximum Gasteiger partial charge on any atom is 0.333 e. The van der Waals surface area contributed by atoms with E-state index in [1.165, 1.54) is 25.3 Å². The molecular weight excluding hydrogens is 200 g/mol. The van der Waals surface area contributed by atoms with E-state index in [0.29, 0.717) is 5.56 Å². The number of benzene rings is 1. The zero-order chi connectivity index (χ0) is 11.4. The maximum atomic E-state index is 10.7. The van der Waals surface area contributed by atoms with Gasteiger partial charge in [-0.3, -0.25) is 0 Å². The van der Waals surface area contributed by atoms with Crippen LogP contribution in [0.1, 0.15) is 5.56 Å². The summed E-state index contributed by atoms with van der Waals surface area (Å²) in [6, 6.07) is 4.38. The van der Waals surface area contributed by atoms with E-state index in [9.17, 15) is 15.0 Å². The number of carbonyl (C=O) groups is 1. The van der Waals surface area contributed by atoms with Crippen LogP contribution in [0.15, 0.2) is 18.2 Å². The Labute approximate surface area is 86.5 Å². The fourth-order valence-electron chi connectivity index (χ4n) is 1.21. The molecule has 82 valence electrons. The Kier molecular flexibility index (Phi) is 3.51. The fourth-order valence-corrected chi connectivity index (χ4v) is 1.21. The lowest BCUT2D eigenvalue weighted by Crippen LogP contribution is -2.24. The SMILES string of the molecule is COC(Cc1cccc(O)c1O)C(=O)O. The minimum Gasteiger partial charge on any atom is -0.504 e. The molecule has 0 aliphatic heterocycles. The number of carboxylic acid groups (broad SMARTS) is 1. The molecule has 0 spiro atoms. The van der Waals surface area contributed by atoms with Gasteiger partial charge in [-0.25, -0.2) is 4.79 Å². The standard InChI is InChI=1S/C10H12O5/c1-15-8(10(13)14)5-6-3-2-4-7(11)9(6)12/h2-4,8,11-12H,5H2,1H3,(H,13,14). The number of phenols is 2. The minimum atomic E-state index is -1.11. The van der Waals surface area contributed by atoms with Crippen molar-refractivity contribution in [3.8, 4) is 11.5 Å². The second kappa shape index (κ2) is 4.65. The van der Waals surface area contributed by atoms with Gasteiger partial charge in [-0.05, 0) is 6.07 Å². The summed E-state index contributed by atoms with van der Waals surface area (Å²) in [5.41, 5.74) is 0.337. The number of methoxy groups -OCH3 is 1. The van der Waals surface area contributed by atoms with Crippen molar-refractivity contribution in [1.82, 2.24) is 0 Å². The number of hydrogen-bond donors (Lipinski definition) is 3. The number of ether oxygens (including phenoxy) is 1. The van der Waals surface area contributed by atoms with Crippen molar-refractivity contribution >= 4 is 5.97 Å². The molecule has 0 radical (unpaired) electrons. The van der Waals surface area contributed by atoms with Gasteiger partial charge in [0, 0.05) is 19.1 Å². The van der Waals surface area contributed by atoms with Gasteiger partial charge in [-0.2, -0.15) is 0 Å². The number of aromatic hydroxyl groups is 2. The first-order valence-electron chi connectivity index (χ1n) is 4.31. The molecule has 1 aromatic carbocycles. The van der Waals surface area contributed by atoms with Crippen molar-refractivity contribution in [1.29, 1.82) is 0 Å². The Bertz CT molecular complexity index is 361. The quantitative estimate of drug-likeness (QED) is 0.641. The van der Waals surface area contributed by atoms with Crippen LogP contribution in [0.2, 0.25) is 0 Å². The first kappa shape index (κ1) is 11.3. The largest absolute Gasteiger partial charge is 0.504 e. The molecule has 5 heteroatoms. The molecule has 0 saturated carbocycles. The summed E-state index contributed by atoms with van der Waals surface area (Å²) in [4.78, 5) is 10.7. The summed E-state index contributed by atoms with van der Waals surface area (Å²) >= 11 is 0. The van der Waals surface area contributed by atoms with Gasteiger partial charge in [0.05, 0.1) is 0 Å². The Morgan fingerprint density at radius 2 is 2.13 bits per heavy atom. The van der Waals surface area contributed by atoms with Crippen LogP contribution in [0.4, 0.5) is 0 Å². The van der Waals surface area contributed by atoms with Gasteiger partial charge in [-0.1, -0.05) is 12.1 Å². The molecule has 0 bridgehead atoms. The van der Waals surface area contributed by atoms with Crippen molar-refractivity contribution in [2.45, 2.75) is 12.5 Å². The Balaban J connectivity index is 2.88. The van der Waals surface area contributed by atoms with Crippen LogP contribution in [0.5, 0.6) is 11.5 Å². The molecule has 0 aliphatic carbocycles. The van der Waals surface area contributed by atoms with Crippen molar-refractivity contribution in [3.05, 3.63) is 23.8 Å². The van der Waals surface area contributed by atoms with E-state index < -0.39 is 12.1 Å². The highest BCUT2D eigenvalue weighted by molar-refractivity contribution is 5.73. The van der Waals surface area contributed by atoms with Crippen molar-refractivity contribution in [3.63, 3.8) is 0 Å². The van der Waals surface area contributed by atoms with Crippen LogP contribution in [0.3, 0.4) is 0 Å². The molecule has 1 aromatic rings. The highest BCUT2D eigenvalue weighted by Gasteiger charge is 2.19. The van der Waals surface area contributed by atoms with E-state index >= 15 is 0 Å². The van der Waals surface area contributed by atoms with Crippen molar-refractivity contribution < 1.29 is 24.9 Å². The number of rotatable bonds is 4. The molecule has 0 amide bonds. The number of carboxylic acids is 1.